The SMILES string of the molecule is COc1cc2cc(c1Cl)N(C)C(=O)CCC1OC1CC1C[C@@](O)(NC(=O)O1)C(OC)/C=C/C=C(\C)C2. The quantitative estimate of drug-likeness (QED) is 0.574. The first-order chi connectivity index (χ1) is 17.1. The Kier molecular flexibility index (Phi) is 7.94. The molecular weight excluding hydrogens is 488 g/mol. The van der Waals surface area contributed by atoms with Gasteiger partial charge in [-0.25, -0.2) is 4.79 Å². The van der Waals surface area contributed by atoms with Gasteiger partial charge < -0.3 is 29.0 Å². The summed E-state index contributed by atoms with van der Waals surface area (Å²) in [6.07, 6.45) is 5.03. The minimum Gasteiger partial charge on any atom is -0.495 e. The van der Waals surface area contributed by atoms with E-state index in [1.54, 1.807) is 31.2 Å². The molecule has 3 heterocycles. The summed E-state index contributed by atoms with van der Waals surface area (Å²) in [5.41, 5.74) is 0.899. The van der Waals surface area contributed by atoms with Gasteiger partial charge in [0, 0.05) is 33.4 Å². The maximum absolute atomic E-state index is 13.0. The number of anilines is 1. The molecule has 5 atom stereocenters. The predicted molar refractivity (Wildman–Crippen MR) is 134 cm³/mol. The molecule has 196 valence electrons. The van der Waals surface area contributed by atoms with E-state index >= 15 is 0 Å². The molecule has 0 saturated carbocycles. The Morgan fingerprint density at radius 3 is 2.75 bits per heavy atom. The van der Waals surface area contributed by atoms with Crippen LogP contribution in [0.5, 0.6) is 5.75 Å². The van der Waals surface area contributed by atoms with Crippen molar-refractivity contribution >= 4 is 29.3 Å². The number of carbonyl (C=O) groups excluding carboxylic acids is 2. The molecule has 1 aromatic carbocycles. The second kappa shape index (κ2) is 10.8. The molecule has 2 N–H and O–H groups in total. The van der Waals surface area contributed by atoms with Crippen molar-refractivity contribution in [3.63, 3.8) is 0 Å². The summed E-state index contributed by atoms with van der Waals surface area (Å²) in [6, 6.07) is 3.75. The number of benzene rings is 1. The van der Waals surface area contributed by atoms with Crippen LogP contribution in [0.2, 0.25) is 5.02 Å². The molecule has 2 saturated heterocycles. The number of nitrogens with zero attached hydrogens (tertiary/aromatic N) is 1. The van der Waals surface area contributed by atoms with Gasteiger partial charge >= 0.3 is 6.09 Å². The number of allylic oxidation sites excluding steroid dienone is 3. The van der Waals surface area contributed by atoms with Gasteiger partial charge in [-0.1, -0.05) is 35.4 Å². The molecule has 3 aliphatic heterocycles. The van der Waals surface area contributed by atoms with Crippen LogP contribution in [0.3, 0.4) is 0 Å². The maximum atomic E-state index is 13.0. The predicted octanol–water partition coefficient (Wildman–Crippen LogP) is 3.51. The molecule has 2 amide bonds. The molecule has 9 nitrogen and oxygen atoms in total. The second-order valence-electron chi connectivity index (χ2n) is 9.58. The van der Waals surface area contributed by atoms with E-state index < -0.39 is 24.0 Å². The fourth-order valence-corrected chi connectivity index (χ4v) is 5.16. The summed E-state index contributed by atoms with van der Waals surface area (Å²) in [5.74, 6) is 0.400. The molecular formula is C26H33ClN2O7. The molecule has 0 radical (unpaired) electrons. The number of aliphatic hydroxyl groups is 1. The van der Waals surface area contributed by atoms with Crippen LogP contribution >= 0.6 is 11.6 Å². The maximum Gasteiger partial charge on any atom is 0.409 e. The van der Waals surface area contributed by atoms with E-state index in [1.165, 1.54) is 7.11 Å². The standard InChI is InChI=1S/C26H33ClN2O7/c1-15-6-5-7-22(34-4)26(32)14-17(35-25(31)28-26)13-20-19(36-20)8-9-23(30)29(2)18-11-16(10-15)12-21(33-3)24(18)27/h5-7,11-12,17,19-20,22,32H,8-10,13-14H2,1-4H3,(H,28,31)/b7-5+,15-6+/t17?,19?,20?,22?,26-/m0/s1. The normalized spacial score (nSPS) is 33.5. The zero-order valence-electron chi connectivity index (χ0n) is 21.0. The molecule has 4 bridgehead atoms. The van der Waals surface area contributed by atoms with Gasteiger partial charge in [-0.05, 0) is 37.5 Å². The average Bonchev–Trinajstić information content (AvgIpc) is 3.56. The van der Waals surface area contributed by atoms with Gasteiger partial charge in [0.2, 0.25) is 5.91 Å². The summed E-state index contributed by atoms with van der Waals surface area (Å²) in [4.78, 5) is 26.8. The van der Waals surface area contributed by atoms with E-state index in [1.807, 2.05) is 25.1 Å². The molecule has 4 rings (SSSR count). The Hall–Kier alpha value is -2.59. The highest BCUT2D eigenvalue weighted by Gasteiger charge is 2.48. The van der Waals surface area contributed by atoms with Crippen molar-refractivity contribution in [2.24, 2.45) is 0 Å². The number of fused-ring (bicyclic) bond motifs is 5. The van der Waals surface area contributed by atoms with Crippen molar-refractivity contribution in [3.05, 3.63) is 46.5 Å². The first kappa shape index (κ1) is 26.5. The molecule has 0 aromatic heterocycles. The third-order valence-electron chi connectivity index (χ3n) is 6.87. The first-order valence-corrected chi connectivity index (χ1v) is 12.4. The molecule has 0 aliphatic carbocycles. The van der Waals surface area contributed by atoms with E-state index in [9.17, 15) is 14.7 Å². The molecule has 3 aliphatic rings. The largest absolute Gasteiger partial charge is 0.495 e. The summed E-state index contributed by atoms with van der Waals surface area (Å²) in [7, 11) is 4.72. The van der Waals surface area contributed by atoms with Crippen LogP contribution in [0, 0.1) is 0 Å². The molecule has 0 spiro atoms. The van der Waals surface area contributed by atoms with Crippen LogP contribution in [0.25, 0.3) is 0 Å². The lowest BCUT2D eigenvalue weighted by Crippen LogP contribution is -2.62. The van der Waals surface area contributed by atoms with Gasteiger partial charge in [-0.3, -0.25) is 10.1 Å². The van der Waals surface area contributed by atoms with Gasteiger partial charge in [0.15, 0.2) is 5.72 Å². The molecule has 2 fully saturated rings. The highest BCUT2D eigenvalue weighted by Crippen LogP contribution is 2.38. The molecule has 1 aromatic rings. The number of epoxide rings is 1. The van der Waals surface area contributed by atoms with Crippen molar-refractivity contribution in [1.29, 1.82) is 0 Å². The van der Waals surface area contributed by atoms with Crippen LogP contribution in [0.4, 0.5) is 10.5 Å². The van der Waals surface area contributed by atoms with Crippen LogP contribution in [-0.2, 0) is 25.4 Å². The molecule has 36 heavy (non-hydrogen) atoms. The fourth-order valence-electron chi connectivity index (χ4n) is 4.85. The van der Waals surface area contributed by atoms with Gasteiger partial charge in [0.05, 0.1) is 25.0 Å². The van der Waals surface area contributed by atoms with Gasteiger partial charge in [-0.2, -0.15) is 0 Å². The first-order valence-electron chi connectivity index (χ1n) is 12.0. The summed E-state index contributed by atoms with van der Waals surface area (Å²) >= 11 is 6.56. The minimum absolute atomic E-state index is 0.0935. The third-order valence-corrected chi connectivity index (χ3v) is 7.25. The molecule has 10 heteroatoms. The Morgan fingerprint density at radius 2 is 2.03 bits per heavy atom. The van der Waals surface area contributed by atoms with Crippen molar-refractivity contribution in [2.75, 3.05) is 26.2 Å². The number of carbonyl (C=O) groups is 2. The van der Waals surface area contributed by atoms with Crippen molar-refractivity contribution in [1.82, 2.24) is 5.32 Å². The highest BCUT2D eigenvalue weighted by atomic mass is 35.5. The zero-order chi connectivity index (χ0) is 26.0. The summed E-state index contributed by atoms with van der Waals surface area (Å²) in [6.45, 7) is 1.97. The van der Waals surface area contributed by atoms with Crippen molar-refractivity contribution in [2.45, 2.75) is 69.2 Å². The van der Waals surface area contributed by atoms with Crippen LogP contribution < -0.4 is 15.0 Å². The number of nitrogens with one attached hydrogen (secondary N) is 1. The van der Waals surface area contributed by atoms with E-state index in [0.717, 1.165) is 11.1 Å². The monoisotopic (exact) mass is 520 g/mol. The number of alkyl carbamates (subject to hydrolysis) is 1. The lowest BCUT2D eigenvalue weighted by atomic mass is 9.93. The van der Waals surface area contributed by atoms with Gasteiger partial charge in [0.25, 0.3) is 0 Å². The van der Waals surface area contributed by atoms with Crippen LogP contribution in [0.15, 0.2) is 35.9 Å². The number of rotatable bonds is 2. The van der Waals surface area contributed by atoms with E-state index in [0.29, 0.717) is 35.7 Å². The van der Waals surface area contributed by atoms with Crippen LogP contribution in [-0.4, -0.2) is 68.5 Å². The number of methoxy groups -OCH3 is 2. The Bertz CT molecular complexity index is 1070. The van der Waals surface area contributed by atoms with E-state index in [4.69, 9.17) is 30.5 Å². The number of ether oxygens (including phenoxy) is 4. The number of halogens is 1. The fraction of sp³-hybridized carbons (Fsp3) is 0.538. The zero-order valence-corrected chi connectivity index (χ0v) is 21.7. The third kappa shape index (κ3) is 5.86. The smallest absolute Gasteiger partial charge is 0.409 e. The van der Waals surface area contributed by atoms with Crippen molar-refractivity contribution < 1.29 is 33.6 Å². The van der Waals surface area contributed by atoms with E-state index in [-0.39, 0.29) is 31.0 Å². The highest BCUT2D eigenvalue weighted by molar-refractivity contribution is 6.35. The Morgan fingerprint density at radius 1 is 1.25 bits per heavy atom. The van der Waals surface area contributed by atoms with Gasteiger partial charge in [-0.15, -0.1) is 0 Å². The topological polar surface area (TPSA) is 110 Å². The molecule has 4 unspecified atom stereocenters. The number of hydrogen-bond donors (Lipinski definition) is 2. The number of amides is 2. The second-order valence-corrected chi connectivity index (χ2v) is 9.96. The van der Waals surface area contributed by atoms with Crippen LogP contribution in [0.1, 0.15) is 38.2 Å². The van der Waals surface area contributed by atoms with Gasteiger partial charge in [0.1, 0.15) is 23.0 Å². The van der Waals surface area contributed by atoms with E-state index in [2.05, 4.69) is 5.32 Å². The number of hydrogen-bond acceptors (Lipinski definition) is 7. The lowest BCUT2D eigenvalue weighted by Gasteiger charge is -2.40. The Balaban J connectivity index is 1.66. The minimum atomic E-state index is -1.63. The lowest BCUT2D eigenvalue weighted by molar-refractivity contribution is -0.135. The van der Waals surface area contributed by atoms with Crippen molar-refractivity contribution in [3.8, 4) is 5.75 Å². The Labute approximate surface area is 216 Å². The summed E-state index contributed by atoms with van der Waals surface area (Å²) in [5, 5.41) is 14.1. The average molecular weight is 521 g/mol. The summed E-state index contributed by atoms with van der Waals surface area (Å²) < 4.78 is 22.1.